The molecule has 2 aromatic carbocycles. The lowest BCUT2D eigenvalue weighted by atomic mass is 9.79. The molecule has 1 amide bonds. The van der Waals surface area contributed by atoms with Crippen molar-refractivity contribution in [3.8, 4) is 5.75 Å². The minimum atomic E-state index is -0.831. The molecule has 1 aromatic heterocycles. The summed E-state index contributed by atoms with van der Waals surface area (Å²) >= 11 is 6.23. The summed E-state index contributed by atoms with van der Waals surface area (Å²) in [4.78, 5) is 25.2. The van der Waals surface area contributed by atoms with Gasteiger partial charge >= 0.3 is 0 Å². The fraction of sp³-hybridized carbons (Fsp3) is 0.320. The summed E-state index contributed by atoms with van der Waals surface area (Å²) in [6.07, 6.45) is 5.18. The molecule has 0 unspecified atom stereocenters. The molecule has 4 rings (SSSR count). The van der Waals surface area contributed by atoms with Crippen molar-refractivity contribution in [3.05, 3.63) is 92.1 Å². The first-order valence-corrected chi connectivity index (χ1v) is 11.3. The lowest BCUT2D eigenvalue weighted by molar-refractivity contribution is 0.0940. The summed E-state index contributed by atoms with van der Waals surface area (Å²) in [7, 11) is 0. The maximum Gasteiger partial charge on any atom is 0.276 e. The Morgan fingerprint density at radius 1 is 1.24 bits per heavy atom. The van der Waals surface area contributed by atoms with Crippen LogP contribution in [0.15, 0.2) is 53.5 Å². The molecule has 33 heavy (non-hydrogen) atoms. The first kappa shape index (κ1) is 23.0. The van der Waals surface area contributed by atoms with Crippen LogP contribution in [-0.4, -0.2) is 20.8 Å². The molecule has 0 saturated heterocycles. The highest BCUT2D eigenvalue weighted by atomic mass is 35.5. The summed E-state index contributed by atoms with van der Waals surface area (Å²) < 4.78 is 14.9. The normalized spacial score (nSPS) is 14.9. The number of aryl methyl sites for hydroxylation is 1. The van der Waals surface area contributed by atoms with Crippen LogP contribution >= 0.6 is 11.6 Å². The smallest absolute Gasteiger partial charge is 0.276 e. The van der Waals surface area contributed by atoms with Crippen LogP contribution in [0.3, 0.4) is 0 Å². The van der Waals surface area contributed by atoms with E-state index in [0.29, 0.717) is 22.7 Å². The second-order valence-electron chi connectivity index (χ2n) is 8.65. The van der Waals surface area contributed by atoms with Gasteiger partial charge in [-0.1, -0.05) is 48.7 Å². The van der Waals surface area contributed by atoms with E-state index in [0.717, 1.165) is 31.2 Å². The first-order valence-electron chi connectivity index (χ1n) is 10.9. The predicted molar refractivity (Wildman–Crippen MR) is 124 cm³/mol. The number of amides is 1. The maximum absolute atomic E-state index is 13.5. The van der Waals surface area contributed by atoms with Crippen LogP contribution in [0.5, 0.6) is 5.75 Å². The third-order valence-electron chi connectivity index (χ3n) is 6.30. The number of benzene rings is 2. The van der Waals surface area contributed by atoms with E-state index in [4.69, 9.17) is 11.6 Å². The molecule has 1 heterocycles. The molecule has 0 spiro atoms. The molecular formula is C25H25ClFN3O3. The third kappa shape index (κ3) is 4.93. The Labute approximate surface area is 196 Å². The van der Waals surface area contributed by atoms with Crippen LogP contribution in [0.1, 0.15) is 52.9 Å². The number of halogens is 2. The second kappa shape index (κ2) is 9.35. The molecule has 172 valence electrons. The summed E-state index contributed by atoms with van der Waals surface area (Å²) in [6, 6.07) is 12.2. The summed E-state index contributed by atoms with van der Waals surface area (Å²) in [5, 5.41) is 17.8. The molecule has 1 fully saturated rings. The van der Waals surface area contributed by atoms with E-state index in [1.54, 1.807) is 19.1 Å². The third-order valence-corrected chi connectivity index (χ3v) is 6.54. The van der Waals surface area contributed by atoms with Gasteiger partial charge in [0, 0.05) is 17.0 Å². The second-order valence-corrected chi connectivity index (χ2v) is 9.09. The number of carbonyl (C=O) groups excluding carboxylic acids is 1. The van der Waals surface area contributed by atoms with Gasteiger partial charge in [-0.3, -0.25) is 14.3 Å². The van der Waals surface area contributed by atoms with Crippen molar-refractivity contribution in [3.63, 3.8) is 0 Å². The van der Waals surface area contributed by atoms with E-state index in [9.17, 15) is 19.1 Å². The molecule has 0 atom stereocenters. The fourth-order valence-corrected chi connectivity index (χ4v) is 4.74. The lowest BCUT2D eigenvalue weighted by Crippen LogP contribution is -2.34. The maximum atomic E-state index is 13.5. The van der Waals surface area contributed by atoms with Crippen molar-refractivity contribution in [2.24, 2.45) is 0 Å². The number of carbonyl (C=O) groups is 1. The number of hydrogen-bond donors (Lipinski definition) is 2. The molecule has 8 heteroatoms. The topological polar surface area (TPSA) is 84.2 Å². The largest absolute Gasteiger partial charge is 0.503 e. The number of rotatable bonds is 6. The van der Waals surface area contributed by atoms with Gasteiger partial charge in [0.15, 0.2) is 11.4 Å². The van der Waals surface area contributed by atoms with Crippen molar-refractivity contribution in [2.75, 3.05) is 0 Å². The molecular weight excluding hydrogens is 445 g/mol. The van der Waals surface area contributed by atoms with Crippen LogP contribution in [-0.2, 0) is 18.5 Å². The van der Waals surface area contributed by atoms with Gasteiger partial charge in [-0.2, -0.15) is 5.10 Å². The highest BCUT2D eigenvalue weighted by Crippen LogP contribution is 2.43. The van der Waals surface area contributed by atoms with E-state index in [-0.39, 0.29) is 23.5 Å². The van der Waals surface area contributed by atoms with Gasteiger partial charge in [-0.15, -0.1) is 0 Å². The van der Waals surface area contributed by atoms with Gasteiger partial charge in [0.25, 0.3) is 11.3 Å². The Morgan fingerprint density at radius 3 is 2.70 bits per heavy atom. The van der Waals surface area contributed by atoms with Gasteiger partial charge in [-0.05, 0) is 54.7 Å². The van der Waals surface area contributed by atoms with Crippen molar-refractivity contribution in [2.45, 2.75) is 51.1 Å². The van der Waals surface area contributed by atoms with Crippen molar-refractivity contribution >= 4 is 17.5 Å². The highest BCUT2D eigenvalue weighted by Gasteiger charge is 2.36. The number of nitrogens with one attached hydrogen (secondary N) is 1. The predicted octanol–water partition coefficient (Wildman–Crippen LogP) is 4.49. The summed E-state index contributed by atoms with van der Waals surface area (Å²) in [5.74, 6) is -1.56. The van der Waals surface area contributed by atoms with Crippen LogP contribution in [0.25, 0.3) is 0 Å². The Kier molecular flexibility index (Phi) is 6.51. The zero-order valence-corrected chi connectivity index (χ0v) is 19.0. The molecule has 0 radical (unpaired) electrons. The Morgan fingerprint density at radius 2 is 2.00 bits per heavy atom. The highest BCUT2D eigenvalue weighted by molar-refractivity contribution is 6.30. The van der Waals surface area contributed by atoms with E-state index in [1.165, 1.54) is 16.9 Å². The van der Waals surface area contributed by atoms with Crippen molar-refractivity contribution in [1.29, 1.82) is 0 Å². The van der Waals surface area contributed by atoms with Crippen LogP contribution in [0.4, 0.5) is 4.39 Å². The zero-order valence-electron chi connectivity index (χ0n) is 18.3. The number of aromatic nitrogens is 2. The molecule has 1 saturated carbocycles. The van der Waals surface area contributed by atoms with Gasteiger partial charge in [0.05, 0.1) is 12.7 Å². The number of nitrogens with zero attached hydrogens (tertiary/aromatic N) is 2. The average Bonchev–Trinajstić information content (AvgIpc) is 3.26. The molecule has 1 aliphatic rings. The molecule has 0 aliphatic heterocycles. The summed E-state index contributed by atoms with van der Waals surface area (Å²) in [5.41, 5.74) is 0.760. The van der Waals surface area contributed by atoms with Crippen LogP contribution in [0.2, 0.25) is 5.02 Å². The number of aromatic hydroxyl groups is 1. The zero-order chi connectivity index (χ0) is 23.6. The van der Waals surface area contributed by atoms with Gasteiger partial charge < -0.3 is 10.4 Å². The van der Waals surface area contributed by atoms with Gasteiger partial charge in [0.1, 0.15) is 5.82 Å². The van der Waals surface area contributed by atoms with E-state index >= 15 is 0 Å². The van der Waals surface area contributed by atoms with Gasteiger partial charge in [0.2, 0.25) is 0 Å². The monoisotopic (exact) mass is 469 g/mol. The molecule has 3 aromatic rings. The first-order chi connectivity index (χ1) is 15.8. The Balaban J connectivity index is 1.59. The lowest BCUT2D eigenvalue weighted by Gasteiger charge is -2.30. The quantitative estimate of drug-likeness (QED) is 0.557. The molecule has 6 nitrogen and oxygen atoms in total. The summed E-state index contributed by atoms with van der Waals surface area (Å²) in [6.45, 7) is 2.14. The standard InChI is InChI=1S/C25H25ClFN3O3/c1-16-11-17(7-8-20(16)27)13-28-24(33)22-23(32)21(31)14-30(29-22)15-25(9-2-3-10-25)18-5-4-6-19(26)12-18/h4-8,11-12,14,31H,2-3,9-10,13,15H2,1H3,(H,28,33). The van der Waals surface area contributed by atoms with Crippen LogP contribution in [0, 0.1) is 12.7 Å². The molecule has 1 aliphatic carbocycles. The van der Waals surface area contributed by atoms with Gasteiger partial charge in [-0.25, -0.2) is 4.39 Å². The SMILES string of the molecule is Cc1cc(CNC(=O)c2nn(CC3(c4cccc(Cl)c4)CCCC3)cc(O)c2=O)ccc1F. The Hall–Kier alpha value is -3.19. The van der Waals surface area contributed by atoms with Crippen molar-refractivity contribution in [1.82, 2.24) is 15.1 Å². The van der Waals surface area contributed by atoms with Crippen molar-refractivity contribution < 1.29 is 14.3 Å². The molecule has 2 N–H and O–H groups in total. The molecule has 0 bridgehead atoms. The van der Waals surface area contributed by atoms with Crippen LogP contribution < -0.4 is 10.7 Å². The van der Waals surface area contributed by atoms with E-state index in [2.05, 4.69) is 10.4 Å². The minimum Gasteiger partial charge on any atom is -0.503 e. The minimum absolute atomic E-state index is 0.100. The number of hydrogen-bond acceptors (Lipinski definition) is 4. The Bertz CT molecular complexity index is 1250. The fourth-order valence-electron chi connectivity index (χ4n) is 4.55. The van der Waals surface area contributed by atoms with E-state index in [1.807, 2.05) is 24.3 Å². The van der Waals surface area contributed by atoms with E-state index < -0.39 is 17.1 Å². The average molecular weight is 470 g/mol.